The van der Waals surface area contributed by atoms with Crippen LogP contribution in [0.5, 0.6) is 0 Å². The van der Waals surface area contributed by atoms with Crippen LogP contribution >= 0.6 is 23.2 Å². The molecule has 7 heteroatoms. The van der Waals surface area contributed by atoms with Crippen molar-refractivity contribution >= 4 is 33.7 Å². The number of carbonyl (C=O) groups excluding carboxylic acids is 2. The maximum atomic E-state index is 12.0. The Hall–Kier alpha value is -3.41. The third-order valence-electron chi connectivity index (χ3n) is 4.40. The van der Waals surface area contributed by atoms with Crippen molar-refractivity contribution in [3.8, 4) is 34.2 Å². The molecular weight excluding hydrogens is 421 g/mol. The summed E-state index contributed by atoms with van der Waals surface area (Å²) in [6, 6.07) is 23.1. The molecule has 0 spiro atoms. The average Bonchev–Trinajstić information content (AvgIpc) is 2.79. The zero-order chi connectivity index (χ0) is 21.1. The molecule has 30 heavy (non-hydrogen) atoms. The summed E-state index contributed by atoms with van der Waals surface area (Å²) in [5.74, 6) is 1.07. The molecule has 0 amide bonds. The highest BCUT2D eigenvalue weighted by Crippen LogP contribution is 2.28. The van der Waals surface area contributed by atoms with Crippen LogP contribution < -0.4 is 0 Å². The molecule has 0 unspecified atom stereocenters. The SMILES string of the molecule is O=C(Cl)c1ccc(C(=O)Cl)c(-c2nc(-c3ccccc3)nc(-c3ccccc3)n2)c1. The molecule has 1 heterocycles. The topological polar surface area (TPSA) is 72.8 Å². The monoisotopic (exact) mass is 433 g/mol. The van der Waals surface area contributed by atoms with Crippen molar-refractivity contribution in [3.63, 3.8) is 0 Å². The molecule has 0 saturated carbocycles. The molecule has 4 aromatic rings. The molecule has 3 aromatic carbocycles. The molecule has 0 aliphatic carbocycles. The van der Waals surface area contributed by atoms with Crippen molar-refractivity contribution < 1.29 is 9.59 Å². The zero-order valence-electron chi connectivity index (χ0n) is 15.4. The van der Waals surface area contributed by atoms with Gasteiger partial charge in [0.15, 0.2) is 17.5 Å². The van der Waals surface area contributed by atoms with Crippen LogP contribution in [0.3, 0.4) is 0 Å². The summed E-state index contributed by atoms with van der Waals surface area (Å²) in [4.78, 5) is 37.4. The second-order valence-electron chi connectivity index (χ2n) is 6.35. The van der Waals surface area contributed by atoms with Crippen molar-refractivity contribution in [2.24, 2.45) is 0 Å². The van der Waals surface area contributed by atoms with E-state index >= 15 is 0 Å². The lowest BCUT2D eigenvalue weighted by Gasteiger charge is -2.11. The Morgan fingerprint density at radius 3 is 1.57 bits per heavy atom. The zero-order valence-corrected chi connectivity index (χ0v) is 16.9. The van der Waals surface area contributed by atoms with E-state index < -0.39 is 10.5 Å². The van der Waals surface area contributed by atoms with Gasteiger partial charge in [-0.15, -0.1) is 0 Å². The molecule has 0 N–H and O–H groups in total. The summed E-state index contributed by atoms with van der Waals surface area (Å²) in [7, 11) is 0. The van der Waals surface area contributed by atoms with Crippen molar-refractivity contribution in [1.29, 1.82) is 0 Å². The molecule has 1 aromatic heterocycles. The molecular formula is C23H13Cl2N3O2. The molecule has 0 bridgehead atoms. The number of benzene rings is 3. The van der Waals surface area contributed by atoms with Crippen LogP contribution in [0, 0.1) is 0 Å². The van der Waals surface area contributed by atoms with E-state index in [1.54, 1.807) is 0 Å². The molecule has 5 nitrogen and oxygen atoms in total. The van der Waals surface area contributed by atoms with E-state index in [0.717, 1.165) is 11.1 Å². The van der Waals surface area contributed by atoms with Gasteiger partial charge in [-0.3, -0.25) is 9.59 Å². The normalized spacial score (nSPS) is 10.6. The van der Waals surface area contributed by atoms with Gasteiger partial charge < -0.3 is 0 Å². The molecule has 0 saturated heterocycles. The molecule has 0 radical (unpaired) electrons. The lowest BCUT2D eigenvalue weighted by Crippen LogP contribution is -2.04. The predicted molar refractivity (Wildman–Crippen MR) is 117 cm³/mol. The van der Waals surface area contributed by atoms with Crippen LogP contribution in [0.1, 0.15) is 20.7 Å². The number of hydrogen-bond donors (Lipinski definition) is 0. The fourth-order valence-corrected chi connectivity index (χ4v) is 3.23. The highest BCUT2D eigenvalue weighted by atomic mass is 35.5. The van der Waals surface area contributed by atoms with Gasteiger partial charge in [-0.25, -0.2) is 15.0 Å². The quantitative estimate of drug-likeness (QED) is 0.381. The van der Waals surface area contributed by atoms with Crippen LogP contribution in [0.15, 0.2) is 78.9 Å². The van der Waals surface area contributed by atoms with Gasteiger partial charge in [-0.2, -0.15) is 0 Å². The summed E-state index contributed by atoms with van der Waals surface area (Å²) in [6.45, 7) is 0. The summed E-state index contributed by atoms with van der Waals surface area (Å²) >= 11 is 11.4. The van der Waals surface area contributed by atoms with Crippen molar-refractivity contribution in [2.75, 3.05) is 0 Å². The number of nitrogens with zero attached hydrogens (tertiary/aromatic N) is 3. The lowest BCUT2D eigenvalue weighted by molar-refractivity contribution is 0.107. The lowest BCUT2D eigenvalue weighted by atomic mass is 10.0. The first-order valence-corrected chi connectivity index (χ1v) is 9.69. The van der Waals surface area contributed by atoms with Crippen LogP contribution in [-0.2, 0) is 0 Å². The first-order chi connectivity index (χ1) is 14.5. The second kappa shape index (κ2) is 8.53. The van der Waals surface area contributed by atoms with E-state index in [1.807, 2.05) is 60.7 Å². The van der Waals surface area contributed by atoms with Crippen LogP contribution in [-0.4, -0.2) is 25.4 Å². The fraction of sp³-hybridized carbons (Fsp3) is 0. The Balaban J connectivity index is 1.99. The Morgan fingerprint density at radius 2 is 1.10 bits per heavy atom. The van der Waals surface area contributed by atoms with Gasteiger partial charge in [0.1, 0.15) is 0 Å². The molecule has 0 aliphatic rings. The largest absolute Gasteiger partial charge is 0.276 e. The summed E-state index contributed by atoms with van der Waals surface area (Å²) in [5.41, 5.74) is 2.24. The molecule has 4 rings (SSSR count). The first-order valence-electron chi connectivity index (χ1n) is 8.94. The third kappa shape index (κ3) is 4.13. The van der Waals surface area contributed by atoms with Crippen molar-refractivity contribution in [2.45, 2.75) is 0 Å². The molecule has 0 aliphatic heterocycles. The van der Waals surface area contributed by atoms with Crippen LogP contribution in [0.25, 0.3) is 34.2 Å². The van der Waals surface area contributed by atoms with Gasteiger partial charge in [0.05, 0.1) is 0 Å². The Kier molecular flexibility index (Phi) is 5.65. The van der Waals surface area contributed by atoms with E-state index in [4.69, 9.17) is 23.2 Å². The van der Waals surface area contributed by atoms with Gasteiger partial charge in [0, 0.05) is 27.8 Å². The minimum Gasteiger partial charge on any atom is -0.276 e. The minimum absolute atomic E-state index is 0.169. The highest BCUT2D eigenvalue weighted by molar-refractivity contribution is 6.69. The van der Waals surface area contributed by atoms with Gasteiger partial charge in [-0.1, -0.05) is 60.7 Å². The minimum atomic E-state index is -0.693. The fourth-order valence-electron chi connectivity index (χ4n) is 2.95. The van der Waals surface area contributed by atoms with E-state index in [1.165, 1.54) is 18.2 Å². The number of aromatic nitrogens is 3. The average molecular weight is 434 g/mol. The number of carbonyl (C=O) groups is 2. The second-order valence-corrected chi connectivity index (χ2v) is 7.03. The Morgan fingerprint density at radius 1 is 0.600 bits per heavy atom. The van der Waals surface area contributed by atoms with E-state index in [9.17, 15) is 9.59 Å². The first kappa shape index (κ1) is 19.9. The van der Waals surface area contributed by atoms with Crippen molar-refractivity contribution in [3.05, 3.63) is 90.0 Å². The standard InChI is InChI=1S/C23H13Cl2N3O2/c24-19(29)16-11-12-17(20(25)30)18(13-16)23-27-21(14-7-3-1-4-8-14)26-22(28-23)15-9-5-2-6-10-15/h1-13H. The van der Waals surface area contributed by atoms with Crippen LogP contribution in [0.4, 0.5) is 0 Å². The molecule has 0 fully saturated rings. The van der Waals surface area contributed by atoms with Crippen molar-refractivity contribution in [1.82, 2.24) is 15.0 Å². The molecule has 0 atom stereocenters. The predicted octanol–water partition coefficient (Wildman–Crippen LogP) is 5.63. The molecule has 146 valence electrons. The summed E-state index contributed by atoms with van der Waals surface area (Å²) in [5, 5.41) is -1.35. The summed E-state index contributed by atoms with van der Waals surface area (Å²) < 4.78 is 0. The number of hydrogen-bond acceptors (Lipinski definition) is 5. The Labute approximate surface area is 182 Å². The highest BCUT2D eigenvalue weighted by Gasteiger charge is 2.19. The van der Waals surface area contributed by atoms with E-state index in [0.29, 0.717) is 17.2 Å². The van der Waals surface area contributed by atoms with E-state index in [2.05, 4.69) is 15.0 Å². The van der Waals surface area contributed by atoms with Gasteiger partial charge in [0.2, 0.25) is 0 Å². The van der Waals surface area contributed by atoms with Gasteiger partial charge in [-0.05, 0) is 41.4 Å². The van der Waals surface area contributed by atoms with Gasteiger partial charge in [0.25, 0.3) is 10.5 Å². The third-order valence-corrected chi connectivity index (χ3v) is 4.82. The van der Waals surface area contributed by atoms with Gasteiger partial charge >= 0.3 is 0 Å². The Bertz CT molecular complexity index is 1190. The number of rotatable bonds is 5. The maximum absolute atomic E-state index is 12.0. The number of halogens is 2. The van der Waals surface area contributed by atoms with Crippen LogP contribution in [0.2, 0.25) is 0 Å². The maximum Gasteiger partial charge on any atom is 0.253 e. The smallest absolute Gasteiger partial charge is 0.253 e. The van der Waals surface area contributed by atoms with E-state index in [-0.39, 0.29) is 17.0 Å². The summed E-state index contributed by atoms with van der Waals surface area (Å²) in [6.07, 6.45) is 0.